The quantitative estimate of drug-likeness (QED) is 0.883. The van der Waals surface area contributed by atoms with Gasteiger partial charge in [0.2, 0.25) is 0 Å². The van der Waals surface area contributed by atoms with Crippen LogP contribution in [0.1, 0.15) is 30.9 Å². The maximum absolute atomic E-state index is 11.5. The second-order valence-electron chi connectivity index (χ2n) is 5.32. The van der Waals surface area contributed by atoms with E-state index in [0.29, 0.717) is 6.42 Å². The fourth-order valence-corrected chi connectivity index (χ4v) is 3.56. The first-order valence-electron chi connectivity index (χ1n) is 6.50. The molecule has 1 aromatic rings. The van der Waals surface area contributed by atoms with Gasteiger partial charge in [-0.25, -0.2) is 8.42 Å². The molecule has 18 heavy (non-hydrogen) atoms. The fraction of sp³-hybridized carbons (Fsp3) is 0.571. The first-order valence-corrected chi connectivity index (χ1v) is 8.32. The Morgan fingerprint density at radius 1 is 1.22 bits per heavy atom. The Bertz CT molecular complexity index is 497. The highest BCUT2D eigenvalue weighted by atomic mass is 32.2. The number of rotatable bonds is 5. The van der Waals surface area contributed by atoms with E-state index in [9.17, 15) is 8.42 Å². The second-order valence-corrected chi connectivity index (χ2v) is 7.80. The molecule has 0 heterocycles. The third kappa shape index (κ3) is 3.12. The van der Waals surface area contributed by atoms with Crippen LogP contribution in [-0.2, 0) is 22.7 Å². The Hall–Kier alpha value is -0.870. The molecule has 1 aliphatic rings. The topological polar surface area (TPSA) is 60.2 Å². The van der Waals surface area contributed by atoms with E-state index >= 15 is 0 Å². The van der Waals surface area contributed by atoms with E-state index in [0.717, 1.165) is 19.3 Å². The van der Waals surface area contributed by atoms with Gasteiger partial charge in [-0.15, -0.1) is 0 Å². The normalized spacial score (nSPS) is 17.7. The molecule has 0 atom stereocenters. The first-order chi connectivity index (χ1) is 8.44. The molecule has 0 unspecified atom stereocenters. The largest absolute Gasteiger partial charge is 0.324 e. The lowest BCUT2D eigenvalue weighted by molar-refractivity contribution is 0.409. The van der Waals surface area contributed by atoms with Gasteiger partial charge < -0.3 is 5.73 Å². The fourth-order valence-electron chi connectivity index (χ4n) is 2.69. The van der Waals surface area contributed by atoms with Gasteiger partial charge in [0.25, 0.3) is 0 Å². The van der Waals surface area contributed by atoms with Crippen LogP contribution < -0.4 is 5.73 Å². The van der Waals surface area contributed by atoms with Gasteiger partial charge in [0.05, 0.1) is 5.75 Å². The molecule has 0 saturated carbocycles. The summed E-state index contributed by atoms with van der Waals surface area (Å²) in [5.74, 6) is 0.490. The van der Waals surface area contributed by atoms with Crippen molar-refractivity contribution in [2.45, 2.75) is 38.1 Å². The zero-order valence-corrected chi connectivity index (χ0v) is 11.7. The van der Waals surface area contributed by atoms with E-state index in [1.54, 1.807) is 6.92 Å². The second kappa shape index (κ2) is 5.02. The third-order valence-corrected chi connectivity index (χ3v) is 5.56. The smallest absolute Gasteiger partial charge is 0.150 e. The number of hydrogen-bond donors (Lipinski definition) is 1. The van der Waals surface area contributed by atoms with Gasteiger partial charge in [-0.1, -0.05) is 31.2 Å². The Morgan fingerprint density at radius 2 is 1.78 bits per heavy atom. The van der Waals surface area contributed by atoms with Crippen molar-refractivity contribution in [2.24, 2.45) is 5.73 Å². The predicted octanol–water partition coefficient (Wildman–Crippen LogP) is 1.70. The summed E-state index contributed by atoms with van der Waals surface area (Å²) in [5, 5.41) is 0. The summed E-state index contributed by atoms with van der Waals surface area (Å²) in [6, 6.07) is 8.30. The van der Waals surface area contributed by atoms with Gasteiger partial charge in [-0.3, -0.25) is 0 Å². The van der Waals surface area contributed by atoms with E-state index in [1.165, 1.54) is 11.1 Å². The highest BCUT2D eigenvalue weighted by Gasteiger charge is 2.32. The average Bonchev–Trinajstić information content (AvgIpc) is 2.65. The van der Waals surface area contributed by atoms with Crippen LogP contribution in [0, 0.1) is 0 Å². The highest BCUT2D eigenvalue weighted by molar-refractivity contribution is 7.91. The van der Waals surface area contributed by atoms with E-state index in [-0.39, 0.29) is 17.0 Å². The maximum atomic E-state index is 11.5. The van der Waals surface area contributed by atoms with E-state index in [1.807, 2.05) is 12.1 Å². The minimum Gasteiger partial charge on any atom is -0.324 e. The molecule has 0 aromatic heterocycles. The number of fused-ring (bicyclic) bond motifs is 1. The standard InChI is InChI=1S/C14H21NO2S/c1-2-18(16,17)9-5-8-14(15)10-12-6-3-4-7-13(12)11-14/h3-4,6-7H,2,5,8-11,15H2,1H3. The van der Waals surface area contributed by atoms with Crippen molar-refractivity contribution in [2.75, 3.05) is 11.5 Å². The molecule has 0 aliphatic heterocycles. The molecule has 0 spiro atoms. The van der Waals surface area contributed by atoms with Crippen molar-refractivity contribution < 1.29 is 8.42 Å². The molecule has 4 heteroatoms. The lowest BCUT2D eigenvalue weighted by atomic mass is 9.92. The molecule has 1 aromatic carbocycles. The van der Waals surface area contributed by atoms with Crippen LogP contribution >= 0.6 is 0 Å². The zero-order chi connectivity index (χ0) is 13.2. The molecular formula is C14H21NO2S. The maximum Gasteiger partial charge on any atom is 0.150 e. The van der Waals surface area contributed by atoms with Crippen molar-refractivity contribution in [3.05, 3.63) is 35.4 Å². The Balaban J connectivity index is 1.92. The van der Waals surface area contributed by atoms with Crippen molar-refractivity contribution in [1.29, 1.82) is 0 Å². The van der Waals surface area contributed by atoms with E-state index in [2.05, 4.69) is 12.1 Å². The van der Waals surface area contributed by atoms with Gasteiger partial charge in [0.1, 0.15) is 9.84 Å². The summed E-state index contributed by atoms with van der Waals surface area (Å²) in [5.41, 5.74) is 8.78. The summed E-state index contributed by atoms with van der Waals surface area (Å²) < 4.78 is 22.9. The van der Waals surface area contributed by atoms with Crippen LogP contribution in [0.25, 0.3) is 0 Å². The van der Waals surface area contributed by atoms with Crippen LogP contribution in [0.5, 0.6) is 0 Å². The minimum atomic E-state index is -2.86. The first kappa shape index (κ1) is 13.6. The molecule has 0 fully saturated rings. The van der Waals surface area contributed by atoms with Crippen LogP contribution in [0.15, 0.2) is 24.3 Å². The lowest BCUT2D eigenvalue weighted by Crippen LogP contribution is -2.41. The van der Waals surface area contributed by atoms with Crippen LogP contribution in [0.2, 0.25) is 0 Å². The van der Waals surface area contributed by atoms with E-state index in [4.69, 9.17) is 5.73 Å². The summed E-state index contributed by atoms with van der Waals surface area (Å²) in [6.45, 7) is 1.69. The third-order valence-electron chi connectivity index (χ3n) is 3.77. The molecule has 100 valence electrons. The van der Waals surface area contributed by atoms with Crippen LogP contribution in [-0.4, -0.2) is 25.5 Å². The van der Waals surface area contributed by atoms with Crippen LogP contribution in [0.4, 0.5) is 0 Å². The Kier molecular flexibility index (Phi) is 3.78. The molecule has 2 N–H and O–H groups in total. The summed E-state index contributed by atoms with van der Waals surface area (Å²) in [4.78, 5) is 0. The SMILES string of the molecule is CCS(=O)(=O)CCCC1(N)Cc2ccccc2C1. The number of sulfone groups is 1. The van der Waals surface area contributed by atoms with Crippen molar-refractivity contribution in [3.63, 3.8) is 0 Å². The van der Waals surface area contributed by atoms with Crippen LogP contribution in [0.3, 0.4) is 0 Å². The zero-order valence-electron chi connectivity index (χ0n) is 10.9. The number of benzene rings is 1. The highest BCUT2D eigenvalue weighted by Crippen LogP contribution is 2.31. The molecule has 2 rings (SSSR count). The summed E-state index contributed by atoms with van der Waals surface area (Å²) in [7, 11) is -2.86. The lowest BCUT2D eigenvalue weighted by Gasteiger charge is -2.23. The van der Waals surface area contributed by atoms with Crippen molar-refractivity contribution >= 4 is 9.84 Å². The molecular weight excluding hydrogens is 246 g/mol. The molecule has 0 bridgehead atoms. The summed E-state index contributed by atoms with van der Waals surface area (Å²) in [6.07, 6.45) is 3.19. The van der Waals surface area contributed by atoms with Gasteiger partial charge >= 0.3 is 0 Å². The molecule has 3 nitrogen and oxygen atoms in total. The Labute approximate surface area is 109 Å². The monoisotopic (exact) mass is 267 g/mol. The summed E-state index contributed by atoms with van der Waals surface area (Å²) >= 11 is 0. The van der Waals surface area contributed by atoms with Crippen molar-refractivity contribution in [3.8, 4) is 0 Å². The van der Waals surface area contributed by atoms with Gasteiger partial charge in [0, 0.05) is 11.3 Å². The predicted molar refractivity (Wildman–Crippen MR) is 74.3 cm³/mol. The average molecular weight is 267 g/mol. The van der Waals surface area contributed by atoms with E-state index < -0.39 is 9.84 Å². The Morgan fingerprint density at radius 3 is 2.28 bits per heavy atom. The van der Waals surface area contributed by atoms with Crippen molar-refractivity contribution in [1.82, 2.24) is 0 Å². The van der Waals surface area contributed by atoms with Gasteiger partial charge in [-0.2, -0.15) is 0 Å². The molecule has 0 saturated heterocycles. The molecule has 0 radical (unpaired) electrons. The minimum absolute atomic E-state index is 0.227. The van der Waals surface area contributed by atoms with Gasteiger partial charge in [-0.05, 0) is 36.8 Å². The number of hydrogen-bond acceptors (Lipinski definition) is 3. The molecule has 0 amide bonds. The number of nitrogens with two attached hydrogens (primary N) is 1. The molecule has 1 aliphatic carbocycles. The van der Waals surface area contributed by atoms with Gasteiger partial charge in [0.15, 0.2) is 0 Å².